The standard InChI is InChI=1S/C32H46N4O8/c1-21(33-28(38)19-36-13-15-43-16-14-36)30(40)34-24(11-9-23-10-12-27(42-3)26(37)18-23)31(41)35-25(29(39)32(2)20-44-32)17-22-7-5-4-6-8-22/h7,10,12,18,21,24-25,37H,4-6,8-9,11,13-17,19-20H2,1-3H3,(H,33,38)(H,34,40)(H,35,41)/t21-,24-,25-,32+/m0/s1. The number of morpholine rings is 1. The second kappa shape index (κ2) is 15.5. The van der Waals surface area contributed by atoms with Gasteiger partial charge in [0.1, 0.15) is 17.7 Å². The van der Waals surface area contributed by atoms with Crippen molar-refractivity contribution in [2.24, 2.45) is 0 Å². The molecule has 1 aromatic rings. The van der Waals surface area contributed by atoms with Crippen molar-refractivity contribution in [2.45, 2.75) is 82.5 Å². The molecule has 0 radical (unpaired) electrons. The molecule has 1 aliphatic carbocycles. The van der Waals surface area contributed by atoms with Crippen LogP contribution in [0.4, 0.5) is 0 Å². The predicted molar refractivity (Wildman–Crippen MR) is 162 cm³/mol. The first-order chi connectivity index (χ1) is 21.1. The molecule has 12 heteroatoms. The van der Waals surface area contributed by atoms with Crippen molar-refractivity contribution in [2.75, 3.05) is 46.6 Å². The van der Waals surface area contributed by atoms with Crippen LogP contribution in [0, 0.1) is 0 Å². The number of phenols is 1. The van der Waals surface area contributed by atoms with E-state index in [1.165, 1.54) is 7.11 Å². The van der Waals surface area contributed by atoms with Gasteiger partial charge in [-0.2, -0.15) is 0 Å². The van der Waals surface area contributed by atoms with Gasteiger partial charge in [-0.1, -0.05) is 17.7 Å². The van der Waals surface area contributed by atoms with Crippen LogP contribution in [-0.2, 0) is 35.1 Å². The van der Waals surface area contributed by atoms with E-state index >= 15 is 0 Å². The van der Waals surface area contributed by atoms with Gasteiger partial charge in [0, 0.05) is 13.1 Å². The Hall–Kier alpha value is -3.48. The topological polar surface area (TPSA) is 159 Å². The highest BCUT2D eigenvalue weighted by Crippen LogP contribution is 2.31. The Bertz CT molecular complexity index is 1220. The zero-order valence-electron chi connectivity index (χ0n) is 26.0. The number of nitrogens with one attached hydrogen (secondary N) is 3. The van der Waals surface area contributed by atoms with Gasteiger partial charge in [-0.25, -0.2) is 0 Å². The highest BCUT2D eigenvalue weighted by atomic mass is 16.6. The number of benzene rings is 1. The van der Waals surface area contributed by atoms with E-state index in [-0.39, 0.29) is 30.4 Å². The quantitative estimate of drug-likeness (QED) is 0.169. The Labute approximate surface area is 258 Å². The van der Waals surface area contributed by atoms with Crippen LogP contribution in [0.15, 0.2) is 29.8 Å². The Morgan fingerprint density at radius 1 is 1.07 bits per heavy atom. The van der Waals surface area contributed by atoms with Crippen LogP contribution < -0.4 is 20.7 Å². The van der Waals surface area contributed by atoms with Crippen molar-refractivity contribution in [1.29, 1.82) is 0 Å². The summed E-state index contributed by atoms with van der Waals surface area (Å²) in [5, 5.41) is 18.6. The molecule has 0 spiro atoms. The van der Waals surface area contributed by atoms with E-state index in [1.54, 1.807) is 32.0 Å². The van der Waals surface area contributed by atoms with E-state index in [0.717, 1.165) is 36.8 Å². The molecule has 0 bridgehead atoms. The molecule has 1 aromatic carbocycles. The van der Waals surface area contributed by atoms with Crippen molar-refractivity contribution >= 4 is 23.5 Å². The molecule has 12 nitrogen and oxygen atoms in total. The smallest absolute Gasteiger partial charge is 0.243 e. The number of methoxy groups -OCH3 is 1. The van der Waals surface area contributed by atoms with Crippen LogP contribution in [-0.4, -0.2) is 104 Å². The van der Waals surface area contributed by atoms with E-state index in [4.69, 9.17) is 14.2 Å². The molecule has 242 valence electrons. The molecule has 4 N–H and O–H groups in total. The molecule has 2 saturated heterocycles. The fraction of sp³-hybridized carbons (Fsp3) is 0.625. The van der Waals surface area contributed by atoms with E-state index in [1.807, 2.05) is 4.90 Å². The summed E-state index contributed by atoms with van der Waals surface area (Å²) in [6, 6.07) is 2.26. The lowest BCUT2D eigenvalue weighted by Crippen LogP contribution is -2.56. The summed E-state index contributed by atoms with van der Waals surface area (Å²) in [6.07, 6.45) is 7.03. The minimum Gasteiger partial charge on any atom is -0.504 e. The minimum atomic E-state index is -1.01. The summed E-state index contributed by atoms with van der Waals surface area (Å²) in [5.41, 5.74) is 0.942. The lowest BCUT2D eigenvalue weighted by atomic mass is 9.89. The Kier molecular flexibility index (Phi) is 11.8. The Morgan fingerprint density at radius 2 is 1.80 bits per heavy atom. The maximum Gasteiger partial charge on any atom is 0.243 e. The first kappa shape index (κ1) is 33.4. The number of hydrogen-bond acceptors (Lipinski definition) is 9. The summed E-state index contributed by atoms with van der Waals surface area (Å²) < 4.78 is 15.9. The molecular formula is C32H46N4O8. The second-order valence-electron chi connectivity index (χ2n) is 12.0. The van der Waals surface area contributed by atoms with Gasteiger partial charge in [0.2, 0.25) is 17.7 Å². The molecule has 0 saturated carbocycles. The van der Waals surface area contributed by atoms with Crippen molar-refractivity contribution in [3.8, 4) is 11.5 Å². The van der Waals surface area contributed by atoms with E-state index in [9.17, 15) is 24.3 Å². The third-order valence-electron chi connectivity index (χ3n) is 8.42. The third kappa shape index (κ3) is 9.51. The van der Waals surface area contributed by atoms with Gasteiger partial charge in [-0.05, 0) is 76.5 Å². The summed E-state index contributed by atoms with van der Waals surface area (Å²) in [4.78, 5) is 55.0. The van der Waals surface area contributed by atoms with Crippen LogP contribution >= 0.6 is 0 Å². The number of amides is 3. The number of carbonyl (C=O) groups is 4. The van der Waals surface area contributed by atoms with E-state index in [0.29, 0.717) is 51.5 Å². The molecule has 4 rings (SSSR count). The van der Waals surface area contributed by atoms with Crippen molar-refractivity contribution < 1.29 is 38.5 Å². The van der Waals surface area contributed by atoms with Crippen molar-refractivity contribution in [3.63, 3.8) is 0 Å². The zero-order valence-corrected chi connectivity index (χ0v) is 26.0. The number of ketones is 1. The number of nitrogens with zero attached hydrogens (tertiary/aromatic N) is 1. The summed E-state index contributed by atoms with van der Waals surface area (Å²) in [5.74, 6) is -1.21. The Morgan fingerprint density at radius 3 is 2.43 bits per heavy atom. The first-order valence-corrected chi connectivity index (χ1v) is 15.5. The molecule has 0 aromatic heterocycles. The number of allylic oxidation sites excluding steroid dienone is 1. The highest BCUT2D eigenvalue weighted by molar-refractivity contribution is 5.98. The highest BCUT2D eigenvalue weighted by Gasteiger charge is 2.50. The van der Waals surface area contributed by atoms with Gasteiger partial charge in [0.15, 0.2) is 17.3 Å². The number of carbonyl (C=O) groups excluding carboxylic acids is 4. The van der Waals surface area contributed by atoms with E-state index < -0.39 is 35.5 Å². The molecule has 4 atom stereocenters. The van der Waals surface area contributed by atoms with Crippen molar-refractivity contribution in [1.82, 2.24) is 20.9 Å². The number of aromatic hydroxyl groups is 1. The van der Waals surface area contributed by atoms with Crippen LogP contribution in [0.1, 0.15) is 57.9 Å². The maximum absolute atomic E-state index is 13.8. The number of epoxide rings is 1. The van der Waals surface area contributed by atoms with Crippen LogP contribution in [0.2, 0.25) is 0 Å². The fourth-order valence-corrected chi connectivity index (χ4v) is 5.54. The largest absolute Gasteiger partial charge is 0.504 e. The maximum atomic E-state index is 13.8. The molecule has 2 heterocycles. The Balaban J connectivity index is 1.45. The van der Waals surface area contributed by atoms with Crippen LogP contribution in [0.5, 0.6) is 11.5 Å². The van der Waals surface area contributed by atoms with Crippen molar-refractivity contribution in [3.05, 3.63) is 35.4 Å². The van der Waals surface area contributed by atoms with Crippen LogP contribution in [0.3, 0.4) is 0 Å². The van der Waals surface area contributed by atoms with Gasteiger partial charge in [0.25, 0.3) is 0 Å². The average molecular weight is 615 g/mol. The summed E-state index contributed by atoms with van der Waals surface area (Å²) in [6.45, 7) is 6.12. The van der Waals surface area contributed by atoms with Gasteiger partial charge >= 0.3 is 0 Å². The monoisotopic (exact) mass is 614 g/mol. The predicted octanol–water partition coefficient (Wildman–Crippen LogP) is 1.39. The molecule has 2 fully saturated rings. The van der Waals surface area contributed by atoms with E-state index in [2.05, 4.69) is 22.0 Å². The third-order valence-corrected chi connectivity index (χ3v) is 8.42. The number of ether oxygens (including phenoxy) is 3. The first-order valence-electron chi connectivity index (χ1n) is 15.5. The summed E-state index contributed by atoms with van der Waals surface area (Å²) in [7, 11) is 1.46. The fourth-order valence-electron chi connectivity index (χ4n) is 5.54. The molecule has 3 aliphatic rings. The number of Topliss-reactive ketones (excluding diaryl/α,β-unsaturated/α-hetero) is 1. The van der Waals surface area contributed by atoms with Gasteiger partial charge in [0.05, 0.1) is 39.5 Å². The SMILES string of the molecule is COc1ccc(CC[C@H](NC(=O)[C@H](C)NC(=O)CN2CCOCC2)C(=O)N[C@@H](CC2=CCCCC2)C(=O)[C@@]2(C)CO2)cc1O. The average Bonchev–Trinajstić information content (AvgIpc) is 3.77. The van der Waals surface area contributed by atoms with Gasteiger partial charge < -0.3 is 35.3 Å². The van der Waals surface area contributed by atoms with Gasteiger partial charge in [-0.3, -0.25) is 24.1 Å². The lowest BCUT2D eigenvalue weighted by molar-refractivity contribution is -0.134. The number of aryl methyl sites for hydroxylation is 1. The molecular weight excluding hydrogens is 568 g/mol. The molecule has 44 heavy (non-hydrogen) atoms. The lowest BCUT2D eigenvalue weighted by Gasteiger charge is -2.27. The minimum absolute atomic E-state index is 0.0317. The van der Waals surface area contributed by atoms with Crippen LogP contribution in [0.25, 0.3) is 0 Å². The molecule has 2 aliphatic heterocycles. The second-order valence-corrected chi connectivity index (χ2v) is 12.0. The molecule has 0 unspecified atom stereocenters. The number of hydrogen-bond donors (Lipinski definition) is 4. The number of phenolic OH excluding ortho intramolecular Hbond substituents is 1. The zero-order chi connectivity index (χ0) is 31.7. The molecule has 3 amide bonds. The normalized spacial score (nSPS) is 22.1. The summed E-state index contributed by atoms with van der Waals surface area (Å²) >= 11 is 0. The number of rotatable bonds is 15. The van der Waals surface area contributed by atoms with Gasteiger partial charge in [-0.15, -0.1) is 0 Å².